The number of thioether (sulfide) groups is 1. The molecule has 30 heavy (non-hydrogen) atoms. The van der Waals surface area contributed by atoms with Crippen LogP contribution in [0, 0.1) is 21.7 Å². The van der Waals surface area contributed by atoms with Gasteiger partial charge >= 0.3 is 0 Å². The van der Waals surface area contributed by atoms with E-state index in [1.165, 1.54) is 23.9 Å². The standard InChI is InChI=1S/C21H16F2N2O4S/c1-29-18-5-2-13(3-6-18)12-30-20-7-4-14(8-19(20)25(27)28)21(26)24-17-10-15(22)9-16(23)11-17/h2-11H,12H2,1H3,(H,24,26). The first-order chi connectivity index (χ1) is 14.4. The molecule has 154 valence electrons. The highest BCUT2D eigenvalue weighted by Gasteiger charge is 2.18. The van der Waals surface area contributed by atoms with Gasteiger partial charge in [0.05, 0.1) is 16.9 Å². The van der Waals surface area contributed by atoms with Gasteiger partial charge in [0.2, 0.25) is 0 Å². The number of amides is 1. The van der Waals surface area contributed by atoms with Crippen LogP contribution >= 0.6 is 11.8 Å². The summed E-state index contributed by atoms with van der Waals surface area (Å²) in [5, 5.41) is 13.8. The molecule has 1 amide bonds. The molecule has 0 unspecified atom stereocenters. The molecule has 0 spiro atoms. The van der Waals surface area contributed by atoms with Crippen molar-refractivity contribution in [3.05, 3.63) is 93.5 Å². The van der Waals surface area contributed by atoms with Crippen LogP contribution in [0.3, 0.4) is 0 Å². The van der Waals surface area contributed by atoms with Crippen LogP contribution in [-0.4, -0.2) is 17.9 Å². The van der Waals surface area contributed by atoms with Crippen molar-refractivity contribution in [2.75, 3.05) is 12.4 Å². The molecular weight excluding hydrogens is 414 g/mol. The topological polar surface area (TPSA) is 81.5 Å². The van der Waals surface area contributed by atoms with Crippen LogP contribution in [0.25, 0.3) is 0 Å². The van der Waals surface area contributed by atoms with Gasteiger partial charge in [0, 0.05) is 29.1 Å². The molecule has 0 radical (unpaired) electrons. The Balaban J connectivity index is 1.76. The molecule has 0 aromatic heterocycles. The second-order valence-corrected chi connectivity index (χ2v) is 7.21. The lowest BCUT2D eigenvalue weighted by molar-refractivity contribution is -0.387. The molecule has 1 N–H and O–H groups in total. The number of nitrogens with one attached hydrogen (secondary N) is 1. The van der Waals surface area contributed by atoms with E-state index in [1.807, 2.05) is 12.1 Å². The van der Waals surface area contributed by atoms with Crippen LogP contribution in [-0.2, 0) is 5.75 Å². The van der Waals surface area contributed by atoms with Gasteiger partial charge in [0.25, 0.3) is 11.6 Å². The molecule has 0 heterocycles. The van der Waals surface area contributed by atoms with Crippen molar-refractivity contribution < 1.29 is 23.2 Å². The number of halogens is 2. The monoisotopic (exact) mass is 430 g/mol. The van der Waals surface area contributed by atoms with Crippen LogP contribution in [0.1, 0.15) is 15.9 Å². The largest absolute Gasteiger partial charge is 0.497 e. The van der Waals surface area contributed by atoms with Crippen LogP contribution in [0.4, 0.5) is 20.2 Å². The minimum atomic E-state index is -0.846. The first-order valence-electron chi connectivity index (χ1n) is 8.67. The van der Waals surface area contributed by atoms with Crippen molar-refractivity contribution in [2.24, 2.45) is 0 Å². The number of carbonyl (C=O) groups is 1. The smallest absolute Gasteiger partial charge is 0.283 e. The lowest BCUT2D eigenvalue weighted by Crippen LogP contribution is -2.12. The summed E-state index contributed by atoms with van der Waals surface area (Å²) in [5.41, 5.74) is 0.634. The van der Waals surface area contributed by atoms with Gasteiger partial charge in [-0.1, -0.05) is 12.1 Å². The second kappa shape index (κ2) is 9.36. The molecule has 0 saturated carbocycles. The van der Waals surface area contributed by atoms with E-state index in [0.29, 0.717) is 22.5 Å². The fourth-order valence-electron chi connectivity index (χ4n) is 2.64. The average molecular weight is 430 g/mol. The highest BCUT2D eigenvalue weighted by Crippen LogP contribution is 2.33. The Hall–Kier alpha value is -3.46. The highest BCUT2D eigenvalue weighted by molar-refractivity contribution is 7.98. The Morgan fingerprint density at radius 2 is 1.73 bits per heavy atom. The van der Waals surface area contributed by atoms with Crippen molar-refractivity contribution in [3.8, 4) is 5.75 Å². The summed E-state index contributed by atoms with van der Waals surface area (Å²) in [6, 6.07) is 13.9. The third-order valence-corrected chi connectivity index (χ3v) is 5.23. The molecular formula is C21H16F2N2O4S. The molecule has 0 fully saturated rings. The maximum Gasteiger partial charge on any atom is 0.283 e. The quantitative estimate of drug-likeness (QED) is 0.307. The van der Waals surface area contributed by atoms with Crippen molar-refractivity contribution in [3.63, 3.8) is 0 Å². The van der Waals surface area contributed by atoms with E-state index >= 15 is 0 Å². The molecule has 0 saturated heterocycles. The van der Waals surface area contributed by atoms with Gasteiger partial charge < -0.3 is 10.1 Å². The molecule has 0 aliphatic heterocycles. The van der Waals surface area contributed by atoms with E-state index in [2.05, 4.69) is 5.32 Å². The van der Waals surface area contributed by atoms with Gasteiger partial charge in [0.1, 0.15) is 17.4 Å². The first kappa shape index (κ1) is 21.3. The van der Waals surface area contributed by atoms with Gasteiger partial charge in [0.15, 0.2) is 0 Å². The first-order valence-corrected chi connectivity index (χ1v) is 9.66. The number of nitro benzene ring substituents is 1. The number of nitrogens with zero attached hydrogens (tertiary/aromatic N) is 1. The molecule has 0 aliphatic carbocycles. The maximum atomic E-state index is 13.3. The fourth-order valence-corrected chi connectivity index (χ4v) is 3.60. The Labute approximate surface area is 175 Å². The number of carbonyl (C=O) groups excluding carboxylic acids is 1. The normalized spacial score (nSPS) is 10.5. The summed E-state index contributed by atoms with van der Waals surface area (Å²) in [4.78, 5) is 23.7. The van der Waals surface area contributed by atoms with Gasteiger partial charge in [-0.25, -0.2) is 8.78 Å². The SMILES string of the molecule is COc1ccc(CSc2ccc(C(=O)Nc3cc(F)cc(F)c3)cc2[N+](=O)[O-])cc1. The third-order valence-electron chi connectivity index (χ3n) is 4.09. The van der Waals surface area contributed by atoms with Gasteiger partial charge in [-0.05, 0) is 42.0 Å². The maximum absolute atomic E-state index is 13.3. The van der Waals surface area contributed by atoms with Crippen LogP contribution in [0.5, 0.6) is 5.75 Å². The lowest BCUT2D eigenvalue weighted by atomic mass is 10.2. The van der Waals surface area contributed by atoms with Crippen LogP contribution in [0.2, 0.25) is 0 Å². The highest BCUT2D eigenvalue weighted by atomic mass is 32.2. The Kier molecular flexibility index (Phi) is 6.63. The van der Waals surface area contributed by atoms with E-state index in [9.17, 15) is 23.7 Å². The third kappa shape index (κ3) is 5.32. The molecule has 3 rings (SSSR count). The van der Waals surface area contributed by atoms with Gasteiger partial charge in [-0.3, -0.25) is 14.9 Å². The van der Waals surface area contributed by atoms with E-state index < -0.39 is 22.5 Å². The number of hydrogen-bond donors (Lipinski definition) is 1. The number of rotatable bonds is 7. The zero-order valence-electron chi connectivity index (χ0n) is 15.7. The number of benzene rings is 3. The van der Waals surface area contributed by atoms with E-state index in [-0.39, 0.29) is 16.9 Å². The van der Waals surface area contributed by atoms with Crippen LogP contribution in [0.15, 0.2) is 65.6 Å². The van der Waals surface area contributed by atoms with Gasteiger partial charge in [-0.2, -0.15) is 0 Å². The molecule has 0 bridgehead atoms. The molecule has 0 atom stereocenters. The number of methoxy groups -OCH3 is 1. The van der Waals surface area contributed by atoms with Crippen molar-refractivity contribution in [1.29, 1.82) is 0 Å². The number of ether oxygens (including phenoxy) is 1. The van der Waals surface area contributed by atoms with E-state index in [0.717, 1.165) is 23.8 Å². The summed E-state index contributed by atoms with van der Waals surface area (Å²) in [5.74, 6) is -1.21. The number of anilines is 1. The molecule has 3 aromatic rings. The van der Waals surface area contributed by atoms with E-state index in [4.69, 9.17) is 4.74 Å². The summed E-state index contributed by atoms with van der Waals surface area (Å²) in [7, 11) is 1.57. The zero-order chi connectivity index (χ0) is 21.7. The van der Waals surface area contributed by atoms with Gasteiger partial charge in [-0.15, -0.1) is 11.8 Å². The molecule has 6 nitrogen and oxygen atoms in total. The Morgan fingerprint density at radius 1 is 1.07 bits per heavy atom. The summed E-state index contributed by atoms with van der Waals surface area (Å²) >= 11 is 1.26. The summed E-state index contributed by atoms with van der Waals surface area (Å²) in [6.07, 6.45) is 0. The Morgan fingerprint density at radius 3 is 2.33 bits per heavy atom. The molecule has 9 heteroatoms. The summed E-state index contributed by atoms with van der Waals surface area (Å²) < 4.78 is 31.7. The fraction of sp³-hybridized carbons (Fsp3) is 0.0952. The number of nitro groups is 1. The van der Waals surface area contributed by atoms with E-state index in [1.54, 1.807) is 19.2 Å². The van der Waals surface area contributed by atoms with Crippen LogP contribution < -0.4 is 10.1 Å². The Bertz CT molecular complexity index is 1070. The number of hydrogen-bond acceptors (Lipinski definition) is 5. The lowest BCUT2D eigenvalue weighted by Gasteiger charge is -2.08. The average Bonchev–Trinajstić information content (AvgIpc) is 2.71. The zero-order valence-corrected chi connectivity index (χ0v) is 16.5. The minimum absolute atomic E-state index is 0.000155. The predicted octanol–water partition coefficient (Wildman–Crippen LogP) is 5.43. The second-order valence-electron chi connectivity index (χ2n) is 6.19. The van der Waals surface area contributed by atoms with Crippen molar-refractivity contribution >= 4 is 29.0 Å². The molecule has 3 aromatic carbocycles. The molecule has 0 aliphatic rings. The van der Waals surface area contributed by atoms with Crippen molar-refractivity contribution in [2.45, 2.75) is 10.6 Å². The minimum Gasteiger partial charge on any atom is -0.497 e. The predicted molar refractivity (Wildman–Crippen MR) is 110 cm³/mol. The summed E-state index contributed by atoms with van der Waals surface area (Å²) in [6.45, 7) is 0. The van der Waals surface area contributed by atoms with Crippen molar-refractivity contribution in [1.82, 2.24) is 0 Å².